The Labute approximate surface area is 161 Å². The van der Waals surface area contributed by atoms with E-state index in [1.165, 1.54) is 5.57 Å². The molecule has 0 amide bonds. The van der Waals surface area contributed by atoms with Crippen LogP contribution < -0.4 is 9.47 Å². The third-order valence-corrected chi connectivity index (χ3v) is 5.73. The zero-order valence-corrected chi connectivity index (χ0v) is 15.9. The minimum Gasteiger partial charge on any atom is -0.497 e. The molecule has 0 saturated carbocycles. The maximum absolute atomic E-state index is 9.69. The van der Waals surface area contributed by atoms with Gasteiger partial charge in [0.1, 0.15) is 18.1 Å². The number of allylic oxidation sites excluding steroid dienone is 1. The average Bonchev–Trinajstić information content (AvgIpc) is 2.86. The molecule has 2 atom stereocenters. The number of methoxy groups -OCH3 is 1. The Morgan fingerprint density at radius 2 is 2.19 bits per heavy atom. The average molecular weight is 368 g/mol. The summed E-state index contributed by atoms with van der Waals surface area (Å²) in [5.74, 6) is 1.97. The number of fused-ring (bicyclic) bond motifs is 2. The van der Waals surface area contributed by atoms with Gasteiger partial charge in [-0.1, -0.05) is 12.2 Å². The molecule has 0 radical (unpaired) electrons. The Hall–Kier alpha value is -2.11. The number of likely N-dealkylation sites (tertiary alicyclic amines) is 1. The lowest BCUT2D eigenvalue weighted by Gasteiger charge is -2.29. The van der Waals surface area contributed by atoms with Crippen LogP contribution >= 0.6 is 0 Å². The van der Waals surface area contributed by atoms with Crippen LogP contribution in [0.25, 0.3) is 5.57 Å². The fraction of sp³-hybridized carbons (Fsp3) is 0.500. The fourth-order valence-electron chi connectivity index (χ4n) is 4.14. The first-order valence-electron chi connectivity index (χ1n) is 9.86. The molecule has 144 valence electrons. The van der Waals surface area contributed by atoms with Gasteiger partial charge in [0.05, 0.1) is 19.3 Å². The molecule has 4 rings (SSSR count). The van der Waals surface area contributed by atoms with Gasteiger partial charge in [-0.3, -0.25) is 4.99 Å². The number of aliphatic imine (C=N–C) groups is 1. The summed E-state index contributed by atoms with van der Waals surface area (Å²) < 4.78 is 11.5. The summed E-state index contributed by atoms with van der Waals surface area (Å²) in [6, 6.07) is 6.14. The van der Waals surface area contributed by atoms with Crippen molar-refractivity contribution in [1.82, 2.24) is 4.90 Å². The van der Waals surface area contributed by atoms with Gasteiger partial charge in [-0.2, -0.15) is 0 Å². The van der Waals surface area contributed by atoms with Crippen LogP contribution in [0.15, 0.2) is 41.4 Å². The van der Waals surface area contributed by atoms with Crippen molar-refractivity contribution in [2.24, 2.45) is 10.9 Å². The third kappa shape index (κ3) is 4.09. The summed E-state index contributed by atoms with van der Waals surface area (Å²) in [5, 5.41) is 9.69. The molecule has 1 saturated heterocycles. The molecule has 5 nitrogen and oxygen atoms in total. The van der Waals surface area contributed by atoms with E-state index in [0.717, 1.165) is 56.0 Å². The van der Waals surface area contributed by atoms with Gasteiger partial charge >= 0.3 is 0 Å². The number of hydrogen-bond acceptors (Lipinski definition) is 5. The monoisotopic (exact) mass is 368 g/mol. The largest absolute Gasteiger partial charge is 0.497 e. The molecule has 2 unspecified atom stereocenters. The summed E-state index contributed by atoms with van der Waals surface area (Å²) in [6.07, 6.45) is 11.1. The van der Waals surface area contributed by atoms with Crippen molar-refractivity contribution in [2.45, 2.75) is 31.4 Å². The van der Waals surface area contributed by atoms with E-state index in [9.17, 15) is 5.11 Å². The zero-order chi connectivity index (χ0) is 18.6. The van der Waals surface area contributed by atoms with Crippen molar-refractivity contribution in [3.8, 4) is 11.5 Å². The number of dihydropyridines is 1. The molecule has 1 aromatic carbocycles. The number of benzene rings is 1. The van der Waals surface area contributed by atoms with Crippen LogP contribution in [0.3, 0.4) is 0 Å². The van der Waals surface area contributed by atoms with Gasteiger partial charge in [-0.15, -0.1) is 0 Å². The van der Waals surface area contributed by atoms with Crippen LogP contribution in [0.1, 0.15) is 24.8 Å². The molecule has 3 aliphatic heterocycles. The summed E-state index contributed by atoms with van der Waals surface area (Å²) in [4.78, 5) is 7.09. The van der Waals surface area contributed by atoms with E-state index in [1.807, 2.05) is 24.4 Å². The van der Waals surface area contributed by atoms with Gasteiger partial charge in [-0.25, -0.2) is 0 Å². The first-order chi connectivity index (χ1) is 13.2. The van der Waals surface area contributed by atoms with Crippen LogP contribution in [-0.2, 0) is 0 Å². The van der Waals surface area contributed by atoms with Gasteiger partial charge in [0.2, 0.25) is 0 Å². The number of nitrogens with zero attached hydrogens (tertiary/aromatic N) is 2. The quantitative estimate of drug-likeness (QED) is 0.888. The third-order valence-electron chi connectivity index (χ3n) is 5.73. The molecule has 0 aromatic heterocycles. The lowest BCUT2D eigenvalue weighted by atomic mass is 9.85. The Balaban J connectivity index is 1.58. The van der Waals surface area contributed by atoms with Gasteiger partial charge in [-0.05, 0) is 49.1 Å². The van der Waals surface area contributed by atoms with Crippen LogP contribution in [0.4, 0.5) is 0 Å². The lowest BCUT2D eigenvalue weighted by Crippen LogP contribution is -2.36. The Kier molecular flexibility index (Phi) is 5.60. The normalized spacial score (nSPS) is 27.0. The van der Waals surface area contributed by atoms with Crippen molar-refractivity contribution in [3.63, 3.8) is 0 Å². The summed E-state index contributed by atoms with van der Waals surface area (Å²) >= 11 is 0. The molecular formula is C22H28N2O3. The molecule has 3 aliphatic rings. The maximum atomic E-state index is 9.69. The molecule has 0 spiro atoms. The molecular weight excluding hydrogens is 340 g/mol. The minimum atomic E-state index is -0.121. The molecule has 1 N–H and O–H groups in total. The molecule has 3 heterocycles. The summed E-state index contributed by atoms with van der Waals surface area (Å²) in [6.45, 7) is 3.56. The van der Waals surface area contributed by atoms with Crippen molar-refractivity contribution in [2.75, 3.05) is 33.4 Å². The molecule has 1 aromatic rings. The lowest BCUT2D eigenvalue weighted by molar-refractivity contribution is 0.0835. The van der Waals surface area contributed by atoms with Crippen molar-refractivity contribution in [1.29, 1.82) is 0 Å². The molecule has 0 aliphatic carbocycles. The van der Waals surface area contributed by atoms with E-state index in [-0.39, 0.29) is 18.1 Å². The molecule has 27 heavy (non-hydrogen) atoms. The highest BCUT2D eigenvalue weighted by molar-refractivity contribution is 5.80. The number of rotatable bonds is 4. The highest BCUT2D eigenvalue weighted by atomic mass is 16.5. The first-order valence-corrected chi connectivity index (χ1v) is 9.86. The van der Waals surface area contributed by atoms with Gasteiger partial charge in [0, 0.05) is 37.3 Å². The van der Waals surface area contributed by atoms with E-state index in [0.29, 0.717) is 6.61 Å². The maximum Gasteiger partial charge on any atom is 0.127 e. The molecule has 0 bridgehead atoms. The van der Waals surface area contributed by atoms with E-state index >= 15 is 0 Å². The van der Waals surface area contributed by atoms with Crippen LogP contribution in [0.5, 0.6) is 11.5 Å². The number of aliphatic hydroxyl groups is 1. The topological polar surface area (TPSA) is 54.3 Å². The SMILES string of the molecule is COc1ccc2c(c1)C(=CCCN1CCC(O)CC1)C1C=CC=NC1CO2. The van der Waals surface area contributed by atoms with E-state index in [4.69, 9.17) is 9.47 Å². The number of ether oxygens (including phenoxy) is 2. The molecule has 1 fully saturated rings. The number of hydrogen-bond donors (Lipinski definition) is 1. The summed E-state index contributed by atoms with van der Waals surface area (Å²) in [5.41, 5.74) is 2.38. The van der Waals surface area contributed by atoms with Crippen LogP contribution in [-0.4, -0.2) is 61.7 Å². The predicted octanol–water partition coefficient (Wildman–Crippen LogP) is 2.94. The Morgan fingerprint density at radius 1 is 1.33 bits per heavy atom. The van der Waals surface area contributed by atoms with Crippen LogP contribution in [0, 0.1) is 5.92 Å². The molecule has 5 heteroatoms. The highest BCUT2D eigenvalue weighted by Crippen LogP contribution is 2.40. The second-order valence-electron chi connectivity index (χ2n) is 7.47. The highest BCUT2D eigenvalue weighted by Gasteiger charge is 2.30. The van der Waals surface area contributed by atoms with Gasteiger partial charge < -0.3 is 19.5 Å². The van der Waals surface area contributed by atoms with Gasteiger partial charge in [0.15, 0.2) is 0 Å². The van der Waals surface area contributed by atoms with Crippen molar-refractivity contribution in [3.05, 3.63) is 42.0 Å². The fourth-order valence-corrected chi connectivity index (χ4v) is 4.14. The van der Waals surface area contributed by atoms with Crippen molar-refractivity contribution >= 4 is 11.8 Å². The predicted molar refractivity (Wildman–Crippen MR) is 108 cm³/mol. The van der Waals surface area contributed by atoms with E-state index < -0.39 is 0 Å². The number of aliphatic hydroxyl groups excluding tert-OH is 1. The summed E-state index contributed by atoms with van der Waals surface area (Å²) in [7, 11) is 1.70. The van der Waals surface area contributed by atoms with E-state index in [1.54, 1.807) is 7.11 Å². The van der Waals surface area contributed by atoms with Crippen molar-refractivity contribution < 1.29 is 14.6 Å². The smallest absolute Gasteiger partial charge is 0.127 e. The second kappa shape index (κ2) is 8.28. The Morgan fingerprint density at radius 3 is 3.00 bits per heavy atom. The number of piperidine rings is 1. The van der Waals surface area contributed by atoms with Gasteiger partial charge in [0.25, 0.3) is 0 Å². The first kappa shape index (κ1) is 18.3. The van der Waals surface area contributed by atoms with Crippen LogP contribution in [0.2, 0.25) is 0 Å². The zero-order valence-electron chi connectivity index (χ0n) is 15.9. The Bertz CT molecular complexity index is 748. The standard InChI is InChI=1S/C22H28N2O3/c1-26-17-6-7-22-20(14-17)18(19-4-2-10-23-21(19)15-27-22)5-3-11-24-12-8-16(25)9-13-24/h2,4-7,10,14,16,19,21,25H,3,8-9,11-13,15H2,1H3. The second-order valence-corrected chi connectivity index (χ2v) is 7.47. The minimum absolute atomic E-state index is 0.116. The van der Waals surface area contributed by atoms with E-state index in [2.05, 4.69) is 28.1 Å².